The van der Waals surface area contributed by atoms with Gasteiger partial charge in [0.15, 0.2) is 5.82 Å². The van der Waals surface area contributed by atoms with Crippen LogP contribution in [-0.4, -0.2) is 58.0 Å². The van der Waals surface area contributed by atoms with Crippen LogP contribution < -0.4 is 16.0 Å². The third-order valence-corrected chi connectivity index (χ3v) is 7.60. The number of rotatable bonds is 5. The number of piperazine rings is 1. The van der Waals surface area contributed by atoms with Crippen LogP contribution in [0.25, 0.3) is 22.3 Å². The summed E-state index contributed by atoms with van der Waals surface area (Å²) in [7, 11) is 0. The molecule has 4 heterocycles. The van der Waals surface area contributed by atoms with Crippen molar-refractivity contribution in [2.75, 3.05) is 43.4 Å². The molecule has 2 aliphatic heterocycles. The van der Waals surface area contributed by atoms with Crippen LogP contribution in [0.4, 0.5) is 11.5 Å². The van der Waals surface area contributed by atoms with Crippen molar-refractivity contribution >= 4 is 28.3 Å². The number of allylic oxidation sites excluding steroid dienone is 3. The molecule has 1 unspecified atom stereocenters. The monoisotopic (exact) mass is 502 g/mol. The lowest BCUT2D eigenvalue weighted by Gasteiger charge is -2.29. The third-order valence-electron chi connectivity index (χ3n) is 7.60. The van der Waals surface area contributed by atoms with Gasteiger partial charge >= 0.3 is 0 Å². The van der Waals surface area contributed by atoms with Crippen molar-refractivity contribution < 1.29 is 0 Å². The Labute approximate surface area is 221 Å². The Morgan fingerprint density at radius 2 is 1.82 bits per heavy atom. The highest BCUT2D eigenvalue weighted by Gasteiger charge is 2.27. The predicted molar refractivity (Wildman–Crippen MR) is 153 cm³/mol. The second kappa shape index (κ2) is 9.46. The first kappa shape index (κ1) is 22.7. The van der Waals surface area contributed by atoms with Gasteiger partial charge in [-0.15, -0.1) is 0 Å². The Balaban J connectivity index is 1.23. The van der Waals surface area contributed by atoms with Crippen molar-refractivity contribution in [1.82, 2.24) is 24.9 Å². The normalized spacial score (nSPS) is 19.0. The van der Waals surface area contributed by atoms with Crippen molar-refractivity contribution in [3.63, 3.8) is 0 Å². The summed E-state index contributed by atoms with van der Waals surface area (Å²) in [5, 5.41) is 15.1. The molecule has 8 nitrogen and oxygen atoms in total. The Morgan fingerprint density at radius 1 is 1.00 bits per heavy atom. The van der Waals surface area contributed by atoms with Crippen molar-refractivity contribution in [3.8, 4) is 11.3 Å². The first-order valence-electron chi connectivity index (χ1n) is 13.2. The van der Waals surface area contributed by atoms with Crippen LogP contribution in [0, 0.1) is 5.92 Å². The number of nitrogen functional groups attached to an aromatic ring is 1. The zero-order valence-corrected chi connectivity index (χ0v) is 21.2. The van der Waals surface area contributed by atoms with Crippen LogP contribution in [0.2, 0.25) is 0 Å². The number of hydrogen-bond donors (Lipinski definition) is 2. The molecule has 0 radical (unpaired) electrons. The number of hydrogen-bond acceptors (Lipinski definition) is 7. The number of anilines is 2. The van der Waals surface area contributed by atoms with Gasteiger partial charge in [0.25, 0.3) is 0 Å². The predicted octanol–water partition coefficient (Wildman–Crippen LogP) is 3.83. The van der Waals surface area contributed by atoms with Gasteiger partial charge in [0.05, 0.1) is 18.0 Å². The van der Waals surface area contributed by atoms with E-state index in [9.17, 15) is 0 Å². The molecule has 38 heavy (non-hydrogen) atoms. The minimum Gasteiger partial charge on any atom is -0.382 e. The third kappa shape index (κ3) is 4.13. The molecule has 0 bridgehead atoms. The fourth-order valence-corrected chi connectivity index (χ4v) is 5.64. The fourth-order valence-electron chi connectivity index (χ4n) is 5.64. The topological polar surface area (TPSA) is 87.1 Å². The van der Waals surface area contributed by atoms with Gasteiger partial charge in [0, 0.05) is 55.5 Å². The van der Waals surface area contributed by atoms with Gasteiger partial charge < -0.3 is 16.0 Å². The highest BCUT2D eigenvalue weighted by molar-refractivity contribution is 6.09. The SMILES string of the molecule is Nc1ncnn2c(-c3ccc(N4CCNCC4)cc3)cc(C3=CC4=NN(Cc5ccccc5)CC4C=C3)c12. The van der Waals surface area contributed by atoms with Crippen LogP contribution in [0.15, 0.2) is 90.3 Å². The van der Waals surface area contributed by atoms with Gasteiger partial charge in [-0.25, -0.2) is 9.50 Å². The second-order valence-corrected chi connectivity index (χ2v) is 10.1. The van der Waals surface area contributed by atoms with Gasteiger partial charge in [-0.2, -0.15) is 10.2 Å². The Morgan fingerprint density at radius 3 is 2.63 bits per heavy atom. The van der Waals surface area contributed by atoms with E-state index in [-0.39, 0.29) is 0 Å². The van der Waals surface area contributed by atoms with Gasteiger partial charge in [-0.05, 0) is 35.4 Å². The number of fused-ring (bicyclic) bond motifs is 2. The molecule has 1 aliphatic carbocycles. The van der Waals surface area contributed by atoms with Crippen molar-refractivity contribution in [2.24, 2.45) is 11.0 Å². The van der Waals surface area contributed by atoms with E-state index < -0.39 is 0 Å². The van der Waals surface area contributed by atoms with Gasteiger partial charge in [-0.1, -0.05) is 54.6 Å². The maximum Gasteiger partial charge on any atom is 0.152 e. The number of aromatic nitrogens is 3. The van der Waals surface area contributed by atoms with E-state index in [1.54, 1.807) is 0 Å². The molecule has 0 spiro atoms. The molecule has 0 saturated carbocycles. The summed E-state index contributed by atoms with van der Waals surface area (Å²) < 4.78 is 1.91. The second-order valence-electron chi connectivity index (χ2n) is 10.1. The van der Waals surface area contributed by atoms with Gasteiger partial charge in [0.2, 0.25) is 0 Å². The summed E-state index contributed by atoms with van der Waals surface area (Å²) in [5.74, 6) is 0.760. The number of benzene rings is 2. The maximum atomic E-state index is 6.42. The molecule has 1 atom stereocenters. The minimum atomic E-state index is 0.293. The van der Waals surface area contributed by atoms with E-state index in [1.807, 2.05) is 10.6 Å². The number of nitrogens with one attached hydrogen (secondary N) is 1. The van der Waals surface area contributed by atoms with E-state index in [2.05, 4.69) is 98.1 Å². The Hall–Kier alpha value is -4.43. The summed E-state index contributed by atoms with van der Waals surface area (Å²) in [4.78, 5) is 6.73. The molecule has 2 aromatic heterocycles. The standard InChI is InChI=1S/C30H30N8/c31-30-29-26(23-6-7-24-19-37(35-27(24)16-23)18-21-4-2-1-3-5-21)17-28(38(29)34-20-33-30)22-8-10-25(11-9-22)36-14-12-32-13-15-36/h1-11,16-17,20,24,32H,12-15,18-19H2,(H2,31,33,34). The smallest absolute Gasteiger partial charge is 0.152 e. The molecule has 0 amide bonds. The first-order chi connectivity index (χ1) is 18.7. The summed E-state index contributed by atoms with van der Waals surface area (Å²) in [6.45, 7) is 5.77. The molecular formula is C30H30N8. The van der Waals surface area contributed by atoms with Crippen molar-refractivity contribution in [2.45, 2.75) is 6.54 Å². The molecular weight excluding hydrogens is 472 g/mol. The molecule has 3 aliphatic rings. The molecule has 7 rings (SSSR count). The average molecular weight is 503 g/mol. The molecule has 4 aromatic rings. The highest BCUT2D eigenvalue weighted by atomic mass is 15.5. The number of nitrogens with zero attached hydrogens (tertiary/aromatic N) is 6. The number of nitrogens with two attached hydrogens (primary N) is 1. The molecule has 2 aromatic carbocycles. The first-order valence-corrected chi connectivity index (χ1v) is 13.2. The molecule has 190 valence electrons. The zero-order valence-electron chi connectivity index (χ0n) is 21.2. The largest absolute Gasteiger partial charge is 0.382 e. The summed E-state index contributed by atoms with van der Waals surface area (Å²) >= 11 is 0. The van der Waals surface area contributed by atoms with Gasteiger partial charge in [0.1, 0.15) is 11.8 Å². The summed E-state index contributed by atoms with van der Waals surface area (Å²) in [6, 6.07) is 21.4. The van der Waals surface area contributed by atoms with Crippen molar-refractivity contribution in [3.05, 3.63) is 96.3 Å². The molecule has 3 N–H and O–H groups in total. The lowest BCUT2D eigenvalue weighted by molar-refractivity contribution is 0.297. The van der Waals surface area contributed by atoms with Crippen LogP contribution in [0.5, 0.6) is 0 Å². The fraction of sp³-hybridized carbons (Fsp3) is 0.233. The van der Waals surface area contributed by atoms with E-state index >= 15 is 0 Å². The van der Waals surface area contributed by atoms with E-state index in [4.69, 9.17) is 10.8 Å². The maximum absolute atomic E-state index is 6.42. The quantitative estimate of drug-likeness (QED) is 0.431. The van der Waals surface area contributed by atoms with Gasteiger partial charge in [-0.3, -0.25) is 5.01 Å². The minimum absolute atomic E-state index is 0.293. The highest BCUT2D eigenvalue weighted by Crippen LogP contribution is 2.36. The van der Waals surface area contributed by atoms with Crippen LogP contribution in [0.3, 0.4) is 0 Å². The van der Waals surface area contributed by atoms with E-state index in [0.717, 1.165) is 72.9 Å². The number of hydrazone groups is 1. The van der Waals surface area contributed by atoms with Crippen molar-refractivity contribution in [1.29, 1.82) is 0 Å². The van der Waals surface area contributed by atoms with Crippen LogP contribution in [0.1, 0.15) is 11.1 Å². The average Bonchev–Trinajstić information content (AvgIpc) is 3.56. The Kier molecular flexibility index (Phi) is 5.66. The molecule has 1 saturated heterocycles. The summed E-state index contributed by atoms with van der Waals surface area (Å²) in [5.41, 5.74) is 15.0. The van der Waals surface area contributed by atoms with E-state index in [1.165, 1.54) is 17.6 Å². The molecule has 1 fully saturated rings. The Bertz CT molecular complexity index is 1560. The summed E-state index contributed by atoms with van der Waals surface area (Å²) in [6.07, 6.45) is 8.16. The van der Waals surface area contributed by atoms with Crippen LogP contribution in [-0.2, 0) is 6.54 Å². The van der Waals surface area contributed by atoms with E-state index in [0.29, 0.717) is 11.7 Å². The molecule has 8 heteroatoms. The zero-order chi connectivity index (χ0) is 25.5. The lowest BCUT2D eigenvalue weighted by Crippen LogP contribution is -2.43. The van der Waals surface area contributed by atoms with Crippen LogP contribution >= 0.6 is 0 Å². The lowest BCUT2D eigenvalue weighted by atomic mass is 9.92.